The third-order valence-corrected chi connectivity index (χ3v) is 4.27. The van der Waals surface area contributed by atoms with E-state index in [2.05, 4.69) is 37.6 Å². The molecule has 1 aliphatic heterocycles. The summed E-state index contributed by atoms with van der Waals surface area (Å²) >= 11 is 0. The monoisotopic (exact) mass is 210 g/mol. The van der Waals surface area contributed by atoms with Crippen molar-refractivity contribution in [1.82, 2.24) is 9.80 Å². The second-order valence-corrected chi connectivity index (χ2v) is 6.44. The van der Waals surface area contributed by atoms with E-state index in [1.54, 1.807) is 0 Å². The standard InChI is InChI=1S/C13H26N2/c1-13(2,3)12-10-15(9-8-14(12)4)11-6-5-7-11/h11-12H,5-10H2,1-4H3. The van der Waals surface area contributed by atoms with Crippen LogP contribution in [0.1, 0.15) is 40.0 Å². The first-order valence-electron chi connectivity index (χ1n) is 6.43. The zero-order valence-corrected chi connectivity index (χ0v) is 10.8. The molecule has 1 heterocycles. The molecule has 0 N–H and O–H groups in total. The molecule has 0 bridgehead atoms. The van der Waals surface area contributed by atoms with Crippen LogP contribution in [-0.4, -0.2) is 48.6 Å². The summed E-state index contributed by atoms with van der Waals surface area (Å²) in [6.07, 6.45) is 4.35. The van der Waals surface area contributed by atoms with Gasteiger partial charge < -0.3 is 4.90 Å². The molecule has 1 saturated heterocycles. The van der Waals surface area contributed by atoms with Gasteiger partial charge in [-0.05, 0) is 25.3 Å². The third-order valence-electron chi connectivity index (χ3n) is 4.27. The molecule has 1 unspecified atom stereocenters. The number of likely N-dealkylation sites (N-methyl/N-ethyl adjacent to an activating group) is 1. The largest absolute Gasteiger partial charge is 0.300 e. The van der Waals surface area contributed by atoms with Gasteiger partial charge in [-0.1, -0.05) is 27.2 Å². The first-order valence-corrected chi connectivity index (χ1v) is 6.43. The van der Waals surface area contributed by atoms with Gasteiger partial charge in [0, 0.05) is 31.7 Å². The first-order chi connectivity index (χ1) is 6.98. The Labute approximate surface area is 94.6 Å². The van der Waals surface area contributed by atoms with Crippen molar-refractivity contribution in [1.29, 1.82) is 0 Å². The average molecular weight is 210 g/mol. The number of piperazine rings is 1. The summed E-state index contributed by atoms with van der Waals surface area (Å²) in [5, 5.41) is 0. The summed E-state index contributed by atoms with van der Waals surface area (Å²) < 4.78 is 0. The molecule has 2 rings (SSSR count). The SMILES string of the molecule is CN1CCN(C2CCC2)CC1C(C)(C)C. The summed E-state index contributed by atoms with van der Waals surface area (Å²) in [5.41, 5.74) is 0.414. The Hall–Kier alpha value is -0.0800. The summed E-state index contributed by atoms with van der Waals surface area (Å²) in [4.78, 5) is 5.29. The van der Waals surface area contributed by atoms with Crippen molar-refractivity contribution in [2.45, 2.75) is 52.1 Å². The van der Waals surface area contributed by atoms with Crippen LogP contribution in [0.2, 0.25) is 0 Å². The number of hydrogen-bond acceptors (Lipinski definition) is 2. The van der Waals surface area contributed by atoms with Gasteiger partial charge in [0.15, 0.2) is 0 Å². The Kier molecular flexibility index (Phi) is 3.09. The molecule has 88 valence electrons. The minimum atomic E-state index is 0.414. The summed E-state index contributed by atoms with van der Waals surface area (Å²) in [5.74, 6) is 0. The maximum absolute atomic E-state index is 2.74. The highest BCUT2D eigenvalue weighted by atomic mass is 15.3. The molecule has 0 aromatic carbocycles. The quantitative estimate of drug-likeness (QED) is 0.654. The van der Waals surface area contributed by atoms with E-state index in [9.17, 15) is 0 Å². The van der Waals surface area contributed by atoms with Gasteiger partial charge in [0.2, 0.25) is 0 Å². The van der Waals surface area contributed by atoms with E-state index >= 15 is 0 Å². The van der Waals surface area contributed by atoms with Crippen molar-refractivity contribution < 1.29 is 0 Å². The summed E-state index contributed by atoms with van der Waals surface area (Å²) in [6.45, 7) is 10.9. The highest BCUT2D eigenvalue weighted by Gasteiger charge is 2.36. The van der Waals surface area contributed by atoms with Crippen LogP contribution in [0.4, 0.5) is 0 Å². The molecule has 1 saturated carbocycles. The van der Waals surface area contributed by atoms with E-state index in [4.69, 9.17) is 0 Å². The lowest BCUT2D eigenvalue weighted by molar-refractivity contribution is -0.00389. The van der Waals surface area contributed by atoms with Gasteiger partial charge in [0.1, 0.15) is 0 Å². The molecule has 2 aliphatic rings. The van der Waals surface area contributed by atoms with Gasteiger partial charge >= 0.3 is 0 Å². The normalized spacial score (nSPS) is 31.6. The van der Waals surface area contributed by atoms with Gasteiger partial charge in [-0.3, -0.25) is 4.90 Å². The summed E-state index contributed by atoms with van der Waals surface area (Å²) in [6, 6.07) is 1.65. The molecule has 2 heteroatoms. The average Bonchev–Trinajstić information content (AvgIpc) is 2.03. The maximum Gasteiger partial charge on any atom is 0.0269 e. The van der Waals surface area contributed by atoms with Gasteiger partial charge in [-0.2, -0.15) is 0 Å². The van der Waals surface area contributed by atoms with E-state index in [1.807, 2.05) is 0 Å². The molecule has 0 spiro atoms. The zero-order valence-electron chi connectivity index (χ0n) is 10.8. The smallest absolute Gasteiger partial charge is 0.0269 e. The van der Waals surface area contributed by atoms with E-state index in [1.165, 1.54) is 38.9 Å². The van der Waals surface area contributed by atoms with Crippen LogP contribution in [0.3, 0.4) is 0 Å². The lowest BCUT2D eigenvalue weighted by Gasteiger charge is -2.49. The molecular formula is C13H26N2. The van der Waals surface area contributed by atoms with Gasteiger partial charge in [-0.15, -0.1) is 0 Å². The van der Waals surface area contributed by atoms with E-state index in [0.717, 1.165) is 12.1 Å². The molecule has 0 aromatic rings. The number of hydrogen-bond donors (Lipinski definition) is 0. The van der Waals surface area contributed by atoms with Gasteiger partial charge in [0.25, 0.3) is 0 Å². The highest BCUT2D eigenvalue weighted by Crippen LogP contribution is 2.31. The predicted octanol–water partition coefficient (Wildman–Crippen LogP) is 2.20. The van der Waals surface area contributed by atoms with Crippen LogP contribution in [0.15, 0.2) is 0 Å². The van der Waals surface area contributed by atoms with Gasteiger partial charge in [0.05, 0.1) is 0 Å². The molecular weight excluding hydrogens is 184 g/mol. The fraction of sp³-hybridized carbons (Fsp3) is 1.00. The van der Waals surface area contributed by atoms with Crippen LogP contribution < -0.4 is 0 Å². The maximum atomic E-state index is 2.74. The van der Waals surface area contributed by atoms with Crippen molar-refractivity contribution in [3.63, 3.8) is 0 Å². The van der Waals surface area contributed by atoms with Crippen LogP contribution in [0, 0.1) is 5.41 Å². The molecule has 0 aromatic heterocycles. The predicted molar refractivity (Wildman–Crippen MR) is 65.1 cm³/mol. The topological polar surface area (TPSA) is 6.48 Å². The Morgan fingerprint density at radius 1 is 1.07 bits per heavy atom. The van der Waals surface area contributed by atoms with E-state index in [-0.39, 0.29) is 0 Å². The molecule has 0 radical (unpaired) electrons. The Balaban J connectivity index is 1.97. The van der Waals surface area contributed by atoms with Crippen molar-refractivity contribution in [3.8, 4) is 0 Å². The minimum absolute atomic E-state index is 0.414. The lowest BCUT2D eigenvalue weighted by atomic mass is 9.82. The fourth-order valence-corrected chi connectivity index (χ4v) is 2.91. The van der Waals surface area contributed by atoms with Crippen molar-refractivity contribution in [2.75, 3.05) is 26.7 Å². The van der Waals surface area contributed by atoms with Crippen LogP contribution in [0.5, 0.6) is 0 Å². The molecule has 0 amide bonds. The van der Waals surface area contributed by atoms with Crippen LogP contribution in [-0.2, 0) is 0 Å². The number of nitrogens with zero attached hydrogens (tertiary/aromatic N) is 2. The third kappa shape index (κ3) is 2.36. The number of rotatable bonds is 1. The molecule has 1 aliphatic carbocycles. The molecule has 2 nitrogen and oxygen atoms in total. The molecule has 15 heavy (non-hydrogen) atoms. The summed E-state index contributed by atoms with van der Waals surface area (Å²) in [7, 11) is 2.29. The first kappa shape index (κ1) is 11.4. The van der Waals surface area contributed by atoms with Crippen LogP contribution in [0.25, 0.3) is 0 Å². The van der Waals surface area contributed by atoms with Crippen LogP contribution >= 0.6 is 0 Å². The van der Waals surface area contributed by atoms with Crippen molar-refractivity contribution in [3.05, 3.63) is 0 Å². The fourth-order valence-electron chi connectivity index (χ4n) is 2.91. The second kappa shape index (κ2) is 4.06. The lowest BCUT2D eigenvalue weighted by Crippen LogP contribution is -2.59. The van der Waals surface area contributed by atoms with Gasteiger partial charge in [-0.25, -0.2) is 0 Å². The second-order valence-electron chi connectivity index (χ2n) is 6.44. The zero-order chi connectivity index (χ0) is 11.1. The van der Waals surface area contributed by atoms with Crippen molar-refractivity contribution >= 4 is 0 Å². The Morgan fingerprint density at radius 3 is 2.20 bits per heavy atom. The van der Waals surface area contributed by atoms with E-state index in [0.29, 0.717) is 5.41 Å². The van der Waals surface area contributed by atoms with Crippen molar-refractivity contribution in [2.24, 2.45) is 5.41 Å². The molecule has 2 fully saturated rings. The molecule has 1 atom stereocenters. The van der Waals surface area contributed by atoms with E-state index < -0.39 is 0 Å². The Bertz CT molecular complexity index is 215. The minimum Gasteiger partial charge on any atom is -0.300 e. The highest BCUT2D eigenvalue weighted by molar-refractivity contribution is 4.92. The Morgan fingerprint density at radius 2 is 1.73 bits per heavy atom.